The van der Waals surface area contributed by atoms with Crippen molar-refractivity contribution in [3.63, 3.8) is 0 Å². The van der Waals surface area contributed by atoms with E-state index in [-0.39, 0.29) is 23.8 Å². The summed E-state index contributed by atoms with van der Waals surface area (Å²) in [5.41, 5.74) is 2.63. The van der Waals surface area contributed by atoms with Gasteiger partial charge in [0.05, 0.1) is 12.0 Å². The summed E-state index contributed by atoms with van der Waals surface area (Å²) >= 11 is 5.90. The van der Waals surface area contributed by atoms with E-state index >= 15 is 0 Å². The zero-order valence-corrected chi connectivity index (χ0v) is 19.5. The zero-order chi connectivity index (χ0) is 24.4. The Kier molecular flexibility index (Phi) is 6.79. The first-order valence-electron chi connectivity index (χ1n) is 10.8. The predicted molar refractivity (Wildman–Crippen MR) is 126 cm³/mol. The summed E-state index contributed by atoms with van der Waals surface area (Å²) in [4.78, 5) is 41.5. The highest BCUT2D eigenvalue weighted by molar-refractivity contribution is 6.30. The molecule has 34 heavy (non-hydrogen) atoms. The summed E-state index contributed by atoms with van der Waals surface area (Å²) in [6.07, 6.45) is 1.65. The quantitative estimate of drug-likeness (QED) is 0.319. The molecule has 9 heteroatoms. The van der Waals surface area contributed by atoms with Crippen molar-refractivity contribution in [2.75, 3.05) is 7.11 Å². The van der Waals surface area contributed by atoms with Crippen molar-refractivity contribution in [3.8, 4) is 5.75 Å². The highest BCUT2D eigenvalue weighted by Crippen LogP contribution is 2.45. The molecular weight excluding hydrogens is 460 g/mol. The van der Waals surface area contributed by atoms with E-state index in [0.717, 1.165) is 5.56 Å². The molecular formula is C25H23ClN2O6. The van der Waals surface area contributed by atoms with Gasteiger partial charge in [-0.05, 0) is 49.1 Å². The van der Waals surface area contributed by atoms with Gasteiger partial charge in [-0.25, -0.2) is 0 Å². The average Bonchev–Trinajstić information content (AvgIpc) is 2.82. The molecule has 2 atom stereocenters. The van der Waals surface area contributed by atoms with Crippen molar-refractivity contribution >= 4 is 34.8 Å². The molecule has 176 valence electrons. The molecule has 0 radical (unpaired) electrons. The number of hydrogen-bond acceptors (Lipinski definition) is 7. The van der Waals surface area contributed by atoms with Crippen LogP contribution in [0.15, 0.2) is 58.7 Å². The van der Waals surface area contributed by atoms with Crippen LogP contribution in [-0.4, -0.2) is 29.5 Å². The second-order valence-corrected chi connectivity index (χ2v) is 8.70. The number of esters is 1. The second kappa shape index (κ2) is 9.77. The van der Waals surface area contributed by atoms with Gasteiger partial charge >= 0.3 is 11.7 Å². The predicted octanol–water partition coefficient (Wildman–Crippen LogP) is 5.18. The smallest absolute Gasteiger partial charge is 0.315 e. The number of halogens is 1. The van der Waals surface area contributed by atoms with Crippen LogP contribution in [0.4, 0.5) is 5.69 Å². The Bertz CT molecular complexity index is 1220. The first-order valence-corrected chi connectivity index (χ1v) is 11.2. The number of carbonyl (C=O) groups excluding carboxylic acids is 2. The summed E-state index contributed by atoms with van der Waals surface area (Å²) in [7, 11) is 1.27. The Morgan fingerprint density at radius 2 is 1.94 bits per heavy atom. The monoisotopic (exact) mass is 482 g/mol. The lowest BCUT2D eigenvalue weighted by molar-refractivity contribution is -0.386. The van der Waals surface area contributed by atoms with E-state index in [1.165, 1.54) is 19.2 Å². The lowest BCUT2D eigenvalue weighted by Crippen LogP contribution is -2.36. The van der Waals surface area contributed by atoms with Gasteiger partial charge in [-0.2, -0.15) is 0 Å². The van der Waals surface area contributed by atoms with Crippen LogP contribution in [0.2, 0.25) is 5.02 Å². The molecule has 0 saturated heterocycles. The first-order chi connectivity index (χ1) is 16.3. The number of ketones is 1. The van der Waals surface area contributed by atoms with Gasteiger partial charge in [0.25, 0.3) is 0 Å². The molecule has 0 spiro atoms. The SMILES string of the molecule is COC(=O)C1C(C)=NC2=C(C(=O)CCC2)[C@H]1c1ccc(OCc2ccc(Cl)cc2)c([N+](=O)[O-])c1. The van der Waals surface area contributed by atoms with Crippen LogP contribution in [0, 0.1) is 16.0 Å². The fraction of sp³-hybridized carbons (Fsp3) is 0.320. The van der Waals surface area contributed by atoms with Crippen molar-refractivity contribution < 1.29 is 24.0 Å². The van der Waals surface area contributed by atoms with Gasteiger partial charge in [-0.1, -0.05) is 29.8 Å². The number of hydrogen-bond donors (Lipinski definition) is 0. The normalized spacial score (nSPS) is 19.9. The number of benzene rings is 2. The third kappa shape index (κ3) is 4.59. The van der Waals surface area contributed by atoms with E-state index in [9.17, 15) is 19.7 Å². The minimum atomic E-state index is -0.841. The number of allylic oxidation sites excluding steroid dienone is 2. The van der Waals surface area contributed by atoms with E-state index < -0.39 is 22.7 Å². The van der Waals surface area contributed by atoms with Gasteiger partial charge in [0.2, 0.25) is 0 Å². The van der Waals surface area contributed by atoms with Crippen LogP contribution < -0.4 is 4.74 Å². The van der Waals surface area contributed by atoms with Gasteiger partial charge in [0.15, 0.2) is 11.5 Å². The molecule has 1 heterocycles. The molecule has 1 aliphatic carbocycles. The standard InChI is InChI=1S/C25H23ClN2O6/c1-14-22(25(30)33-2)23(24-18(27-14)4-3-5-20(24)29)16-8-11-21(19(12-16)28(31)32)34-13-15-6-9-17(26)10-7-15/h6-12,22-23H,3-5,13H2,1-2H3/t22?,23-/m0/s1. The molecule has 0 amide bonds. The molecule has 8 nitrogen and oxygen atoms in total. The topological polar surface area (TPSA) is 108 Å². The van der Waals surface area contributed by atoms with Gasteiger partial charge in [-0.15, -0.1) is 0 Å². The minimum Gasteiger partial charge on any atom is -0.482 e. The van der Waals surface area contributed by atoms with E-state index in [1.54, 1.807) is 37.3 Å². The Hall–Kier alpha value is -3.52. The van der Waals surface area contributed by atoms with Crippen LogP contribution in [0.1, 0.15) is 43.2 Å². The second-order valence-electron chi connectivity index (χ2n) is 8.27. The number of nitro groups is 1. The molecule has 2 aromatic rings. The highest BCUT2D eigenvalue weighted by Gasteiger charge is 2.43. The third-order valence-corrected chi connectivity index (χ3v) is 6.39. The van der Waals surface area contributed by atoms with Crippen LogP contribution >= 0.6 is 11.6 Å². The number of nitro benzene ring substituents is 1. The average molecular weight is 483 g/mol. The number of nitrogens with zero attached hydrogens (tertiary/aromatic N) is 2. The van der Waals surface area contributed by atoms with Crippen molar-refractivity contribution in [2.24, 2.45) is 10.9 Å². The fourth-order valence-electron chi connectivity index (χ4n) is 4.53. The van der Waals surface area contributed by atoms with Crippen LogP contribution in [0.3, 0.4) is 0 Å². The third-order valence-electron chi connectivity index (χ3n) is 6.14. The summed E-state index contributed by atoms with van der Waals surface area (Å²) in [6, 6.07) is 11.5. The van der Waals surface area contributed by atoms with Gasteiger partial charge in [-0.3, -0.25) is 24.7 Å². The maximum Gasteiger partial charge on any atom is 0.315 e. The molecule has 0 N–H and O–H groups in total. The molecule has 1 aliphatic heterocycles. The Morgan fingerprint density at radius 1 is 1.21 bits per heavy atom. The van der Waals surface area contributed by atoms with Crippen molar-refractivity contribution in [1.29, 1.82) is 0 Å². The van der Waals surface area contributed by atoms with Crippen molar-refractivity contribution in [3.05, 3.63) is 80.0 Å². The number of rotatable bonds is 6. The maximum atomic E-state index is 12.9. The Balaban J connectivity index is 1.74. The number of aliphatic imine (C=N–C) groups is 1. The molecule has 1 unspecified atom stereocenters. The molecule has 0 saturated carbocycles. The van der Waals surface area contributed by atoms with E-state index in [4.69, 9.17) is 21.1 Å². The largest absolute Gasteiger partial charge is 0.482 e. The molecule has 0 bridgehead atoms. The first kappa shape index (κ1) is 23.6. The fourth-order valence-corrected chi connectivity index (χ4v) is 4.66. The Labute approximate surface area is 201 Å². The molecule has 2 aromatic carbocycles. The molecule has 4 rings (SSSR count). The summed E-state index contributed by atoms with van der Waals surface area (Å²) in [5.74, 6) is -2.10. The molecule has 0 fully saturated rings. The van der Waals surface area contributed by atoms with E-state index in [0.29, 0.717) is 46.8 Å². The zero-order valence-electron chi connectivity index (χ0n) is 18.7. The van der Waals surface area contributed by atoms with Crippen LogP contribution in [0.25, 0.3) is 0 Å². The molecule has 0 aromatic heterocycles. The van der Waals surface area contributed by atoms with Crippen LogP contribution in [0.5, 0.6) is 5.75 Å². The van der Waals surface area contributed by atoms with Gasteiger partial charge in [0.1, 0.15) is 12.5 Å². The van der Waals surface area contributed by atoms with E-state index in [2.05, 4.69) is 4.99 Å². The van der Waals surface area contributed by atoms with Gasteiger partial charge < -0.3 is 9.47 Å². The molecule has 2 aliphatic rings. The summed E-state index contributed by atoms with van der Waals surface area (Å²) in [6.45, 7) is 1.83. The van der Waals surface area contributed by atoms with Gasteiger partial charge in [0, 0.05) is 40.4 Å². The number of ether oxygens (including phenoxy) is 2. The minimum absolute atomic E-state index is 0.0868. The van der Waals surface area contributed by atoms with Crippen molar-refractivity contribution in [1.82, 2.24) is 0 Å². The number of carbonyl (C=O) groups is 2. The number of methoxy groups -OCH3 is 1. The van der Waals surface area contributed by atoms with Crippen LogP contribution in [-0.2, 0) is 20.9 Å². The number of Topliss-reactive ketones (excluding diaryl/α,β-unsaturated/α-hetero) is 1. The lowest BCUT2D eigenvalue weighted by Gasteiger charge is -2.34. The maximum absolute atomic E-state index is 12.9. The summed E-state index contributed by atoms with van der Waals surface area (Å²) < 4.78 is 10.7. The summed E-state index contributed by atoms with van der Waals surface area (Å²) in [5, 5.41) is 12.5. The van der Waals surface area contributed by atoms with Crippen molar-refractivity contribution in [2.45, 2.75) is 38.7 Å². The Morgan fingerprint density at radius 3 is 2.62 bits per heavy atom. The lowest BCUT2D eigenvalue weighted by atomic mass is 9.71. The highest BCUT2D eigenvalue weighted by atomic mass is 35.5. The van der Waals surface area contributed by atoms with E-state index in [1.807, 2.05) is 0 Å².